The lowest BCUT2D eigenvalue weighted by Gasteiger charge is -2.11. The molecule has 5 heteroatoms. The lowest BCUT2D eigenvalue weighted by Crippen LogP contribution is -2.11. The molecule has 0 aromatic heterocycles. The predicted molar refractivity (Wildman–Crippen MR) is 87.3 cm³/mol. The zero-order valence-corrected chi connectivity index (χ0v) is 14.0. The van der Waals surface area contributed by atoms with Gasteiger partial charge in [-0.05, 0) is 52.3 Å². The molecule has 0 aliphatic carbocycles. The Kier molecular flexibility index (Phi) is 6.03. The molecule has 0 bridgehead atoms. The molecule has 0 fully saturated rings. The third-order valence-electron chi connectivity index (χ3n) is 2.97. The summed E-state index contributed by atoms with van der Waals surface area (Å²) in [5.41, 5.74) is 1.93. The summed E-state index contributed by atoms with van der Waals surface area (Å²) in [6.07, 6.45) is 0. The summed E-state index contributed by atoms with van der Waals surface area (Å²) in [6, 6.07) is 10.2. The van der Waals surface area contributed by atoms with Crippen molar-refractivity contribution in [2.75, 3.05) is 6.54 Å². The van der Waals surface area contributed by atoms with Gasteiger partial charge >= 0.3 is 0 Å². The van der Waals surface area contributed by atoms with E-state index in [-0.39, 0.29) is 5.82 Å². The van der Waals surface area contributed by atoms with Crippen molar-refractivity contribution >= 4 is 27.5 Å². The van der Waals surface area contributed by atoms with Crippen molar-refractivity contribution in [2.24, 2.45) is 0 Å². The van der Waals surface area contributed by atoms with Gasteiger partial charge in [0.1, 0.15) is 18.2 Å². The molecule has 1 N–H and O–H groups in total. The molecule has 2 rings (SSSR count). The van der Waals surface area contributed by atoms with Crippen LogP contribution in [0.5, 0.6) is 5.75 Å². The summed E-state index contributed by atoms with van der Waals surface area (Å²) in [7, 11) is 0. The number of nitrogens with one attached hydrogen (secondary N) is 1. The van der Waals surface area contributed by atoms with Crippen LogP contribution in [0.4, 0.5) is 4.39 Å². The van der Waals surface area contributed by atoms with Crippen molar-refractivity contribution in [3.8, 4) is 5.75 Å². The van der Waals surface area contributed by atoms with Crippen molar-refractivity contribution in [2.45, 2.75) is 20.1 Å². The average Bonchev–Trinajstić information content (AvgIpc) is 2.45. The second kappa shape index (κ2) is 7.78. The molecule has 0 heterocycles. The Morgan fingerprint density at radius 1 is 1.24 bits per heavy atom. The molecule has 0 amide bonds. The van der Waals surface area contributed by atoms with Crippen LogP contribution in [0, 0.1) is 5.82 Å². The minimum absolute atomic E-state index is 0.296. The number of rotatable bonds is 6. The first-order valence-corrected chi connectivity index (χ1v) is 7.83. The van der Waals surface area contributed by atoms with Gasteiger partial charge in [0.25, 0.3) is 0 Å². The Morgan fingerprint density at radius 3 is 2.71 bits per heavy atom. The summed E-state index contributed by atoms with van der Waals surface area (Å²) < 4.78 is 19.6. The molecular weight excluding hydrogens is 357 g/mol. The van der Waals surface area contributed by atoms with Crippen molar-refractivity contribution in [1.29, 1.82) is 0 Å². The van der Waals surface area contributed by atoms with Crippen LogP contribution in [0.2, 0.25) is 5.02 Å². The third-order valence-corrected chi connectivity index (χ3v) is 3.95. The zero-order valence-electron chi connectivity index (χ0n) is 11.6. The highest BCUT2D eigenvalue weighted by Crippen LogP contribution is 2.28. The molecule has 0 saturated carbocycles. The maximum atomic E-state index is 13.0. The highest BCUT2D eigenvalue weighted by Gasteiger charge is 2.06. The first kappa shape index (κ1) is 16.3. The van der Waals surface area contributed by atoms with Gasteiger partial charge in [0.15, 0.2) is 0 Å². The lowest BCUT2D eigenvalue weighted by atomic mass is 10.2. The SMILES string of the molecule is CCNCc1ccc(OCc2ccc(F)cc2Cl)c(Br)c1. The Balaban J connectivity index is 2.02. The first-order chi connectivity index (χ1) is 10.1. The standard InChI is InChI=1S/C16H16BrClFNO/c1-2-20-9-11-3-6-16(14(17)7-11)21-10-12-4-5-13(19)8-15(12)18/h3-8,20H,2,9-10H2,1H3. The van der Waals surface area contributed by atoms with Gasteiger partial charge in [-0.1, -0.05) is 30.7 Å². The van der Waals surface area contributed by atoms with Gasteiger partial charge in [0.05, 0.1) is 9.50 Å². The average molecular weight is 373 g/mol. The minimum Gasteiger partial charge on any atom is -0.488 e. The normalized spacial score (nSPS) is 10.7. The van der Waals surface area contributed by atoms with Crippen LogP contribution in [0.3, 0.4) is 0 Å². The van der Waals surface area contributed by atoms with Crippen molar-refractivity contribution in [1.82, 2.24) is 5.32 Å². The number of ether oxygens (including phenoxy) is 1. The van der Waals surface area contributed by atoms with E-state index in [1.165, 1.54) is 17.7 Å². The fourth-order valence-corrected chi connectivity index (χ4v) is 2.60. The maximum absolute atomic E-state index is 13.0. The Labute approximate surface area is 137 Å². The summed E-state index contributed by atoms with van der Waals surface area (Å²) in [6.45, 7) is 4.11. The number of benzene rings is 2. The van der Waals surface area contributed by atoms with E-state index >= 15 is 0 Å². The summed E-state index contributed by atoms with van der Waals surface area (Å²) >= 11 is 9.47. The predicted octanol–water partition coefficient (Wildman–Crippen LogP) is 4.93. The molecule has 0 aliphatic rings. The quantitative estimate of drug-likeness (QED) is 0.776. The largest absolute Gasteiger partial charge is 0.488 e. The van der Waals surface area contributed by atoms with Crippen LogP contribution in [-0.2, 0) is 13.2 Å². The lowest BCUT2D eigenvalue weighted by molar-refractivity contribution is 0.304. The summed E-state index contributed by atoms with van der Waals surface area (Å²) in [5, 5.41) is 3.64. The van der Waals surface area contributed by atoms with Crippen LogP contribution in [0.15, 0.2) is 40.9 Å². The minimum atomic E-state index is -0.349. The van der Waals surface area contributed by atoms with Crippen LogP contribution in [0.1, 0.15) is 18.1 Å². The van der Waals surface area contributed by atoms with E-state index in [9.17, 15) is 4.39 Å². The highest BCUT2D eigenvalue weighted by atomic mass is 79.9. The second-order valence-corrected chi connectivity index (χ2v) is 5.83. The van der Waals surface area contributed by atoms with E-state index in [2.05, 4.69) is 28.2 Å². The molecule has 0 saturated heterocycles. The van der Waals surface area contributed by atoms with E-state index in [0.29, 0.717) is 11.6 Å². The first-order valence-electron chi connectivity index (χ1n) is 6.66. The van der Waals surface area contributed by atoms with Gasteiger partial charge in [-0.2, -0.15) is 0 Å². The molecule has 0 spiro atoms. The molecule has 2 aromatic carbocycles. The number of halogens is 3. The molecular formula is C16H16BrClFNO. The number of hydrogen-bond donors (Lipinski definition) is 1. The molecule has 0 unspecified atom stereocenters. The van der Waals surface area contributed by atoms with Gasteiger partial charge in [-0.15, -0.1) is 0 Å². The van der Waals surface area contributed by atoms with Gasteiger partial charge in [0, 0.05) is 12.1 Å². The Morgan fingerprint density at radius 2 is 2.05 bits per heavy atom. The van der Waals surface area contributed by atoms with E-state index in [0.717, 1.165) is 28.9 Å². The van der Waals surface area contributed by atoms with Gasteiger partial charge in [-0.3, -0.25) is 0 Å². The fraction of sp³-hybridized carbons (Fsp3) is 0.250. The number of hydrogen-bond acceptors (Lipinski definition) is 2. The van der Waals surface area contributed by atoms with E-state index < -0.39 is 0 Å². The highest BCUT2D eigenvalue weighted by molar-refractivity contribution is 9.10. The Bertz CT molecular complexity index is 621. The van der Waals surface area contributed by atoms with Crippen molar-refractivity contribution in [3.63, 3.8) is 0 Å². The molecule has 0 radical (unpaired) electrons. The van der Waals surface area contributed by atoms with Crippen molar-refractivity contribution in [3.05, 3.63) is 62.8 Å². The van der Waals surface area contributed by atoms with Crippen LogP contribution >= 0.6 is 27.5 Å². The second-order valence-electron chi connectivity index (χ2n) is 4.57. The molecule has 0 aliphatic heterocycles. The van der Waals surface area contributed by atoms with Crippen molar-refractivity contribution < 1.29 is 9.13 Å². The summed E-state index contributed by atoms with van der Waals surface area (Å²) in [5.74, 6) is 0.383. The van der Waals surface area contributed by atoms with E-state index in [1.54, 1.807) is 6.07 Å². The Hall–Kier alpha value is -1.10. The topological polar surface area (TPSA) is 21.3 Å². The maximum Gasteiger partial charge on any atom is 0.134 e. The smallest absolute Gasteiger partial charge is 0.134 e. The van der Waals surface area contributed by atoms with Crippen LogP contribution in [0.25, 0.3) is 0 Å². The van der Waals surface area contributed by atoms with Gasteiger partial charge in [-0.25, -0.2) is 4.39 Å². The van der Waals surface area contributed by atoms with Crippen LogP contribution in [-0.4, -0.2) is 6.54 Å². The van der Waals surface area contributed by atoms with Gasteiger partial charge < -0.3 is 10.1 Å². The van der Waals surface area contributed by atoms with Crippen LogP contribution < -0.4 is 10.1 Å². The van der Waals surface area contributed by atoms with E-state index in [4.69, 9.17) is 16.3 Å². The molecule has 21 heavy (non-hydrogen) atoms. The molecule has 2 nitrogen and oxygen atoms in total. The van der Waals surface area contributed by atoms with E-state index in [1.807, 2.05) is 18.2 Å². The molecule has 112 valence electrons. The molecule has 2 aromatic rings. The summed E-state index contributed by atoms with van der Waals surface area (Å²) in [4.78, 5) is 0. The fourth-order valence-electron chi connectivity index (χ4n) is 1.83. The monoisotopic (exact) mass is 371 g/mol. The third kappa shape index (κ3) is 4.70. The molecule has 0 atom stereocenters. The zero-order chi connectivity index (χ0) is 15.2. The van der Waals surface area contributed by atoms with Gasteiger partial charge in [0.2, 0.25) is 0 Å².